The van der Waals surface area contributed by atoms with Gasteiger partial charge in [-0.25, -0.2) is 0 Å². The van der Waals surface area contributed by atoms with Gasteiger partial charge >= 0.3 is 0 Å². The zero-order chi connectivity index (χ0) is 9.52. The largest absolute Gasteiger partial charge is 0.300 e. The second-order valence-corrected chi connectivity index (χ2v) is 3.76. The van der Waals surface area contributed by atoms with Gasteiger partial charge in [-0.2, -0.15) is 0 Å². The van der Waals surface area contributed by atoms with E-state index in [4.69, 9.17) is 0 Å². The molecule has 0 amide bonds. The maximum absolute atomic E-state index is 11.2. The first kappa shape index (κ1) is 10.5. The van der Waals surface area contributed by atoms with Crippen molar-refractivity contribution in [1.82, 2.24) is 0 Å². The van der Waals surface area contributed by atoms with E-state index in [1.54, 1.807) is 0 Å². The number of hydrogen-bond donors (Lipinski definition) is 0. The molecule has 0 fully saturated rings. The number of hydrogen-bond acceptors (Lipinski definition) is 1. The lowest BCUT2D eigenvalue weighted by Crippen LogP contribution is -2.00. The monoisotopic (exact) mass is 240 g/mol. The van der Waals surface area contributed by atoms with Gasteiger partial charge in [0.15, 0.2) is 0 Å². The molecule has 70 valence electrons. The molecule has 0 unspecified atom stereocenters. The van der Waals surface area contributed by atoms with Gasteiger partial charge in [-0.05, 0) is 12.0 Å². The number of ketones is 1. The summed E-state index contributed by atoms with van der Waals surface area (Å²) in [4.78, 5) is 11.2. The lowest BCUT2D eigenvalue weighted by atomic mass is 10.1. The van der Waals surface area contributed by atoms with E-state index in [1.807, 2.05) is 18.2 Å². The zero-order valence-corrected chi connectivity index (χ0v) is 9.09. The number of halogens is 1. The molecule has 13 heavy (non-hydrogen) atoms. The Hall–Kier alpha value is -0.630. The molecule has 0 heterocycles. The quantitative estimate of drug-likeness (QED) is 0.724. The SMILES string of the molecule is O=C(CCBr)CCc1ccccc1. The minimum absolute atomic E-state index is 0.334. The second-order valence-electron chi connectivity index (χ2n) is 2.96. The molecule has 1 aromatic rings. The van der Waals surface area contributed by atoms with E-state index in [0.29, 0.717) is 18.6 Å². The van der Waals surface area contributed by atoms with Crippen LogP contribution in [0.1, 0.15) is 18.4 Å². The predicted octanol–water partition coefficient (Wildman–Crippen LogP) is 2.97. The minimum atomic E-state index is 0.334. The van der Waals surface area contributed by atoms with Crippen molar-refractivity contribution in [2.45, 2.75) is 19.3 Å². The van der Waals surface area contributed by atoms with Crippen LogP contribution in [-0.2, 0) is 11.2 Å². The molecule has 1 nitrogen and oxygen atoms in total. The van der Waals surface area contributed by atoms with Gasteiger partial charge in [-0.15, -0.1) is 0 Å². The first-order chi connectivity index (χ1) is 6.33. The third-order valence-electron chi connectivity index (χ3n) is 1.91. The molecule has 1 rings (SSSR count). The summed E-state index contributed by atoms with van der Waals surface area (Å²) in [6.45, 7) is 0. The van der Waals surface area contributed by atoms with Crippen LogP contribution in [0.3, 0.4) is 0 Å². The molecule has 2 heteroatoms. The smallest absolute Gasteiger partial charge is 0.134 e. The fraction of sp³-hybridized carbons (Fsp3) is 0.364. The standard InChI is InChI=1S/C11H13BrO/c12-9-8-11(13)7-6-10-4-2-1-3-5-10/h1-5H,6-9H2. The number of carbonyl (C=O) groups is 1. The van der Waals surface area contributed by atoms with Gasteiger partial charge in [0.25, 0.3) is 0 Å². The van der Waals surface area contributed by atoms with Crippen molar-refractivity contribution in [1.29, 1.82) is 0 Å². The highest BCUT2D eigenvalue weighted by Crippen LogP contribution is 2.04. The molecule has 0 saturated carbocycles. The molecule has 0 spiro atoms. The molecule has 0 N–H and O–H groups in total. The van der Waals surface area contributed by atoms with Crippen LogP contribution < -0.4 is 0 Å². The van der Waals surface area contributed by atoms with Crippen molar-refractivity contribution < 1.29 is 4.79 Å². The summed E-state index contributed by atoms with van der Waals surface area (Å²) in [6, 6.07) is 10.1. The van der Waals surface area contributed by atoms with Gasteiger partial charge in [-0.3, -0.25) is 4.79 Å². The summed E-state index contributed by atoms with van der Waals surface area (Å²) in [7, 11) is 0. The number of aryl methyl sites for hydroxylation is 1. The van der Waals surface area contributed by atoms with Gasteiger partial charge in [0.2, 0.25) is 0 Å². The third kappa shape index (κ3) is 4.23. The number of benzene rings is 1. The average molecular weight is 241 g/mol. The molecular formula is C11H13BrO. The van der Waals surface area contributed by atoms with E-state index in [2.05, 4.69) is 28.1 Å². The van der Waals surface area contributed by atoms with Crippen molar-refractivity contribution in [3.05, 3.63) is 35.9 Å². The van der Waals surface area contributed by atoms with Gasteiger partial charge < -0.3 is 0 Å². The summed E-state index contributed by atoms with van der Waals surface area (Å²) in [6.07, 6.45) is 2.18. The first-order valence-electron chi connectivity index (χ1n) is 4.44. The zero-order valence-electron chi connectivity index (χ0n) is 7.50. The Morgan fingerprint density at radius 3 is 2.46 bits per heavy atom. The van der Waals surface area contributed by atoms with Crippen LogP contribution in [-0.4, -0.2) is 11.1 Å². The Labute approximate surface area is 87.3 Å². The Kier molecular flexibility index (Phi) is 4.76. The Morgan fingerprint density at radius 1 is 1.15 bits per heavy atom. The lowest BCUT2D eigenvalue weighted by Gasteiger charge is -1.99. The van der Waals surface area contributed by atoms with Crippen molar-refractivity contribution in [2.75, 3.05) is 5.33 Å². The summed E-state index contributed by atoms with van der Waals surface area (Å²) < 4.78 is 0. The van der Waals surface area contributed by atoms with Crippen LogP contribution in [0.15, 0.2) is 30.3 Å². The number of carbonyl (C=O) groups excluding carboxylic acids is 1. The van der Waals surface area contributed by atoms with Crippen molar-refractivity contribution >= 4 is 21.7 Å². The molecule has 0 aliphatic heterocycles. The fourth-order valence-corrected chi connectivity index (χ4v) is 1.60. The molecule has 0 aromatic heterocycles. The molecule has 0 radical (unpaired) electrons. The van der Waals surface area contributed by atoms with Crippen molar-refractivity contribution in [3.8, 4) is 0 Å². The van der Waals surface area contributed by atoms with E-state index < -0.39 is 0 Å². The number of rotatable bonds is 5. The van der Waals surface area contributed by atoms with Crippen molar-refractivity contribution in [2.24, 2.45) is 0 Å². The lowest BCUT2D eigenvalue weighted by molar-refractivity contribution is -0.118. The maximum Gasteiger partial charge on any atom is 0.134 e. The van der Waals surface area contributed by atoms with E-state index in [-0.39, 0.29) is 0 Å². The number of alkyl halides is 1. The molecular weight excluding hydrogens is 228 g/mol. The second kappa shape index (κ2) is 5.92. The topological polar surface area (TPSA) is 17.1 Å². The van der Waals surface area contributed by atoms with Crippen LogP contribution in [0, 0.1) is 0 Å². The highest BCUT2D eigenvalue weighted by Gasteiger charge is 2.00. The summed E-state index contributed by atoms with van der Waals surface area (Å²) >= 11 is 3.26. The van der Waals surface area contributed by atoms with E-state index in [9.17, 15) is 4.79 Å². The normalized spacial score (nSPS) is 9.92. The molecule has 0 saturated heterocycles. The first-order valence-corrected chi connectivity index (χ1v) is 5.56. The van der Waals surface area contributed by atoms with E-state index in [1.165, 1.54) is 5.56 Å². The summed E-state index contributed by atoms with van der Waals surface area (Å²) in [5.41, 5.74) is 1.24. The fourth-order valence-electron chi connectivity index (χ4n) is 1.16. The van der Waals surface area contributed by atoms with Gasteiger partial charge in [0, 0.05) is 18.2 Å². The van der Waals surface area contributed by atoms with Crippen LogP contribution in [0.2, 0.25) is 0 Å². The summed E-state index contributed by atoms with van der Waals surface area (Å²) in [5, 5.41) is 0.778. The molecule has 0 aliphatic rings. The van der Waals surface area contributed by atoms with Crippen LogP contribution in [0.5, 0.6) is 0 Å². The number of Topliss-reactive ketones (excluding diaryl/α,β-unsaturated/α-hetero) is 1. The molecule has 0 atom stereocenters. The van der Waals surface area contributed by atoms with Gasteiger partial charge in [-0.1, -0.05) is 46.3 Å². The molecule has 1 aromatic carbocycles. The van der Waals surface area contributed by atoms with Gasteiger partial charge in [0.1, 0.15) is 5.78 Å². The third-order valence-corrected chi connectivity index (χ3v) is 2.31. The molecule has 0 bridgehead atoms. The molecule has 0 aliphatic carbocycles. The Bertz CT molecular complexity index is 256. The van der Waals surface area contributed by atoms with Crippen molar-refractivity contribution in [3.63, 3.8) is 0 Å². The minimum Gasteiger partial charge on any atom is -0.300 e. The van der Waals surface area contributed by atoms with Crippen LogP contribution in [0.25, 0.3) is 0 Å². The Balaban J connectivity index is 2.31. The van der Waals surface area contributed by atoms with Crippen LogP contribution in [0.4, 0.5) is 0 Å². The predicted molar refractivity (Wildman–Crippen MR) is 58.2 cm³/mol. The average Bonchev–Trinajstić information content (AvgIpc) is 2.17. The van der Waals surface area contributed by atoms with Crippen LogP contribution >= 0.6 is 15.9 Å². The Morgan fingerprint density at radius 2 is 1.85 bits per heavy atom. The highest BCUT2D eigenvalue weighted by atomic mass is 79.9. The van der Waals surface area contributed by atoms with E-state index in [0.717, 1.165) is 11.8 Å². The van der Waals surface area contributed by atoms with Gasteiger partial charge in [0.05, 0.1) is 0 Å². The maximum atomic E-state index is 11.2. The van der Waals surface area contributed by atoms with E-state index >= 15 is 0 Å². The summed E-state index contributed by atoms with van der Waals surface area (Å²) in [5.74, 6) is 0.334. The highest BCUT2D eigenvalue weighted by molar-refractivity contribution is 9.09.